The summed E-state index contributed by atoms with van der Waals surface area (Å²) in [5.74, 6) is 0.0592. The zero-order valence-electron chi connectivity index (χ0n) is 17.9. The normalized spacial score (nSPS) is 13.7. The van der Waals surface area contributed by atoms with Gasteiger partial charge < -0.3 is 14.2 Å². The zero-order chi connectivity index (χ0) is 22.2. The van der Waals surface area contributed by atoms with Crippen LogP contribution in [-0.4, -0.2) is 47.3 Å². The third kappa shape index (κ3) is 3.51. The van der Waals surface area contributed by atoms with Crippen LogP contribution in [0.5, 0.6) is 0 Å². The van der Waals surface area contributed by atoms with Gasteiger partial charge in [0, 0.05) is 73.4 Å². The van der Waals surface area contributed by atoms with Gasteiger partial charge in [0.1, 0.15) is 6.26 Å². The summed E-state index contributed by atoms with van der Waals surface area (Å²) in [5, 5.41) is 0.763. The van der Waals surface area contributed by atoms with Crippen molar-refractivity contribution in [2.45, 2.75) is 12.8 Å². The molecule has 32 heavy (non-hydrogen) atoms. The fraction of sp³-hybridized carbons (Fsp3) is 0.200. The van der Waals surface area contributed by atoms with E-state index in [9.17, 15) is 9.59 Å². The predicted octanol–water partition coefficient (Wildman–Crippen LogP) is 4.39. The van der Waals surface area contributed by atoms with Crippen molar-refractivity contribution in [3.63, 3.8) is 0 Å². The second kappa shape index (κ2) is 7.92. The first-order valence-corrected chi connectivity index (χ1v) is 10.5. The summed E-state index contributed by atoms with van der Waals surface area (Å²) in [6.45, 7) is 0.773. The van der Waals surface area contributed by atoms with Crippen LogP contribution < -0.4 is 4.90 Å². The van der Waals surface area contributed by atoms with Gasteiger partial charge in [-0.05, 0) is 36.2 Å². The van der Waals surface area contributed by atoms with Gasteiger partial charge >= 0.3 is 0 Å². The van der Waals surface area contributed by atoms with Crippen molar-refractivity contribution in [1.82, 2.24) is 14.9 Å². The van der Waals surface area contributed by atoms with E-state index in [1.165, 1.54) is 11.1 Å². The molecule has 1 fully saturated rings. The van der Waals surface area contributed by atoms with Gasteiger partial charge in [0.15, 0.2) is 0 Å². The molecule has 0 spiro atoms. The number of furan rings is 1. The molecule has 0 saturated carbocycles. The van der Waals surface area contributed by atoms with E-state index >= 15 is 0 Å². The van der Waals surface area contributed by atoms with Crippen molar-refractivity contribution in [3.05, 3.63) is 66.8 Å². The Morgan fingerprint density at radius 1 is 1.03 bits per heavy atom. The Kier molecular flexibility index (Phi) is 4.93. The molecule has 0 unspecified atom stereocenters. The van der Waals surface area contributed by atoms with Crippen LogP contribution in [0.4, 0.5) is 5.69 Å². The molecule has 4 aromatic rings. The number of nitrogens with zero attached hydrogens (tertiary/aromatic N) is 4. The first-order chi connectivity index (χ1) is 15.5. The number of rotatable bonds is 4. The number of hydrogen-bond acceptors (Lipinski definition) is 5. The second-order valence-electron chi connectivity index (χ2n) is 8.08. The summed E-state index contributed by atoms with van der Waals surface area (Å²) < 4.78 is 5.63. The molecule has 0 N–H and O–H groups in total. The van der Waals surface area contributed by atoms with E-state index in [2.05, 4.69) is 9.97 Å². The summed E-state index contributed by atoms with van der Waals surface area (Å²) in [7, 11) is 3.42. The fourth-order valence-electron chi connectivity index (χ4n) is 4.02. The lowest BCUT2D eigenvalue weighted by Crippen LogP contribution is -2.23. The summed E-state index contributed by atoms with van der Waals surface area (Å²) >= 11 is 0. The van der Waals surface area contributed by atoms with Crippen molar-refractivity contribution in [2.24, 2.45) is 0 Å². The van der Waals surface area contributed by atoms with E-state index in [1.54, 1.807) is 38.8 Å². The minimum atomic E-state index is -0.116. The summed E-state index contributed by atoms with van der Waals surface area (Å²) in [6, 6.07) is 11.8. The first kappa shape index (κ1) is 19.9. The van der Waals surface area contributed by atoms with Crippen molar-refractivity contribution in [1.29, 1.82) is 0 Å². The highest BCUT2D eigenvalue weighted by Crippen LogP contribution is 2.33. The zero-order valence-corrected chi connectivity index (χ0v) is 17.9. The van der Waals surface area contributed by atoms with Crippen molar-refractivity contribution in [2.75, 3.05) is 25.5 Å². The second-order valence-corrected chi connectivity index (χ2v) is 8.08. The molecule has 1 aliphatic rings. The summed E-state index contributed by atoms with van der Waals surface area (Å²) in [6.07, 6.45) is 8.27. The third-order valence-electron chi connectivity index (χ3n) is 5.72. The Hall–Kier alpha value is -4.00. The maximum absolute atomic E-state index is 12.4. The largest absolute Gasteiger partial charge is 0.445 e. The van der Waals surface area contributed by atoms with Crippen LogP contribution >= 0.6 is 0 Å². The van der Waals surface area contributed by atoms with E-state index in [0.717, 1.165) is 46.3 Å². The molecule has 4 heterocycles. The molecule has 1 aliphatic heterocycles. The quantitative estimate of drug-likeness (QED) is 0.484. The lowest BCUT2D eigenvalue weighted by molar-refractivity contribution is -0.117. The molecular weight excluding hydrogens is 404 g/mol. The summed E-state index contributed by atoms with van der Waals surface area (Å²) in [4.78, 5) is 36.4. The Morgan fingerprint density at radius 2 is 1.81 bits per heavy atom. The number of hydrogen-bond donors (Lipinski definition) is 0. The Labute approximate surface area is 185 Å². The number of anilines is 1. The van der Waals surface area contributed by atoms with Crippen LogP contribution in [0.3, 0.4) is 0 Å². The third-order valence-corrected chi connectivity index (χ3v) is 5.72. The minimum absolute atomic E-state index is 0.116. The highest BCUT2D eigenvalue weighted by molar-refractivity contribution is 6.00. The first-order valence-electron chi connectivity index (χ1n) is 10.5. The van der Waals surface area contributed by atoms with Crippen LogP contribution in [0, 0.1) is 0 Å². The SMILES string of the molecule is CN(C)C(=O)c1cnc2occ(-c3cncc(-c4ccc(N5CCCC5=O)cc4)c3)c2c1. The van der Waals surface area contributed by atoms with Crippen LogP contribution in [0.1, 0.15) is 23.2 Å². The molecule has 7 heteroatoms. The molecule has 0 atom stereocenters. The van der Waals surface area contributed by atoms with Crippen molar-refractivity contribution >= 4 is 28.6 Å². The van der Waals surface area contributed by atoms with Crippen LogP contribution in [-0.2, 0) is 4.79 Å². The predicted molar refractivity (Wildman–Crippen MR) is 122 cm³/mol. The Balaban J connectivity index is 1.49. The number of carbonyl (C=O) groups excluding carboxylic acids is 2. The number of benzene rings is 1. The van der Waals surface area contributed by atoms with Crippen LogP contribution in [0.15, 0.2) is 65.7 Å². The Morgan fingerprint density at radius 3 is 2.53 bits per heavy atom. The molecule has 2 amide bonds. The highest BCUT2D eigenvalue weighted by Gasteiger charge is 2.21. The number of aromatic nitrogens is 2. The number of fused-ring (bicyclic) bond motifs is 1. The van der Waals surface area contributed by atoms with E-state index in [-0.39, 0.29) is 11.8 Å². The minimum Gasteiger partial charge on any atom is -0.445 e. The lowest BCUT2D eigenvalue weighted by atomic mass is 10.0. The maximum Gasteiger partial charge on any atom is 0.254 e. The fourth-order valence-corrected chi connectivity index (χ4v) is 4.02. The maximum atomic E-state index is 12.4. The van der Waals surface area contributed by atoms with Gasteiger partial charge in [0.2, 0.25) is 11.6 Å². The van der Waals surface area contributed by atoms with Crippen LogP contribution in [0.2, 0.25) is 0 Å². The molecular formula is C25H22N4O3. The Bertz CT molecular complexity index is 1320. The molecule has 3 aromatic heterocycles. The topological polar surface area (TPSA) is 79.5 Å². The molecule has 0 radical (unpaired) electrons. The average molecular weight is 426 g/mol. The van der Waals surface area contributed by atoms with Crippen molar-refractivity contribution < 1.29 is 14.0 Å². The van der Waals surface area contributed by atoms with Gasteiger partial charge in [-0.2, -0.15) is 0 Å². The average Bonchev–Trinajstić information content (AvgIpc) is 3.44. The molecule has 1 aromatic carbocycles. The molecule has 0 aliphatic carbocycles. The van der Waals surface area contributed by atoms with E-state index in [0.29, 0.717) is 17.7 Å². The standard InChI is InChI=1S/C25H22N4O3/c1-28(2)25(31)19-11-21-22(15-32-24(21)27-14-19)18-10-17(12-26-13-18)16-5-7-20(8-6-16)29-9-3-4-23(29)30/h5-8,10-15H,3-4,9H2,1-2H3. The summed E-state index contributed by atoms with van der Waals surface area (Å²) in [5.41, 5.74) is 5.55. The monoisotopic (exact) mass is 426 g/mol. The van der Waals surface area contributed by atoms with Gasteiger partial charge in [-0.25, -0.2) is 4.98 Å². The number of pyridine rings is 2. The van der Waals surface area contributed by atoms with E-state index < -0.39 is 0 Å². The van der Waals surface area contributed by atoms with E-state index in [4.69, 9.17) is 4.42 Å². The van der Waals surface area contributed by atoms with Gasteiger partial charge in [-0.3, -0.25) is 14.6 Å². The lowest BCUT2D eigenvalue weighted by Gasteiger charge is -2.16. The van der Waals surface area contributed by atoms with E-state index in [1.807, 2.05) is 35.2 Å². The highest BCUT2D eigenvalue weighted by atomic mass is 16.3. The molecule has 0 bridgehead atoms. The van der Waals surface area contributed by atoms with Gasteiger partial charge in [-0.1, -0.05) is 12.1 Å². The molecule has 160 valence electrons. The van der Waals surface area contributed by atoms with Gasteiger partial charge in [0.05, 0.1) is 5.56 Å². The molecule has 7 nitrogen and oxygen atoms in total. The number of carbonyl (C=O) groups is 2. The van der Waals surface area contributed by atoms with Gasteiger partial charge in [-0.15, -0.1) is 0 Å². The molecule has 5 rings (SSSR count). The number of amides is 2. The van der Waals surface area contributed by atoms with Crippen molar-refractivity contribution in [3.8, 4) is 22.3 Å². The van der Waals surface area contributed by atoms with Gasteiger partial charge in [0.25, 0.3) is 5.91 Å². The van der Waals surface area contributed by atoms with Crippen LogP contribution in [0.25, 0.3) is 33.4 Å². The smallest absolute Gasteiger partial charge is 0.254 e. The molecule has 1 saturated heterocycles.